The summed E-state index contributed by atoms with van der Waals surface area (Å²) < 4.78 is 1.12. The van der Waals surface area contributed by atoms with Crippen molar-refractivity contribution in [2.45, 2.75) is 18.2 Å². The van der Waals surface area contributed by atoms with Crippen molar-refractivity contribution < 1.29 is 0 Å². The Morgan fingerprint density at radius 2 is 2.00 bits per heavy atom. The average Bonchev–Trinajstić information content (AvgIpc) is 2.75. The SMILES string of the molecule is CC(c1ccncc1)C(Cl)c1csc(Br)c1. The summed E-state index contributed by atoms with van der Waals surface area (Å²) in [6, 6.07) is 6.11. The molecule has 0 amide bonds. The summed E-state index contributed by atoms with van der Waals surface area (Å²) in [4.78, 5) is 4.02. The zero-order chi connectivity index (χ0) is 11.5. The van der Waals surface area contributed by atoms with Crippen LogP contribution in [0, 0.1) is 0 Å². The molecule has 2 atom stereocenters. The van der Waals surface area contributed by atoms with Crippen LogP contribution in [0.4, 0.5) is 0 Å². The fourth-order valence-corrected chi connectivity index (χ4v) is 3.15. The zero-order valence-corrected chi connectivity index (χ0v) is 11.9. The average molecular weight is 317 g/mol. The Morgan fingerprint density at radius 1 is 1.31 bits per heavy atom. The van der Waals surface area contributed by atoms with Gasteiger partial charge in [0, 0.05) is 18.3 Å². The molecule has 2 aromatic rings. The van der Waals surface area contributed by atoms with Gasteiger partial charge in [0.1, 0.15) is 0 Å². The third-order valence-electron chi connectivity index (χ3n) is 2.58. The molecule has 0 bridgehead atoms. The summed E-state index contributed by atoms with van der Waals surface area (Å²) >= 11 is 11.6. The maximum Gasteiger partial charge on any atom is 0.0701 e. The first-order chi connectivity index (χ1) is 7.68. The van der Waals surface area contributed by atoms with Gasteiger partial charge in [-0.1, -0.05) is 6.92 Å². The molecule has 0 spiro atoms. The molecule has 0 N–H and O–H groups in total. The Kier molecular flexibility index (Phi) is 4.00. The number of alkyl halides is 1. The molecule has 2 rings (SSSR count). The Labute approximate surface area is 113 Å². The van der Waals surface area contributed by atoms with Gasteiger partial charge in [-0.15, -0.1) is 22.9 Å². The topological polar surface area (TPSA) is 12.9 Å². The van der Waals surface area contributed by atoms with Crippen molar-refractivity contribution >= 4 is 38.9 Å². The van der Waals surface area contributed by atoms with Crippen molar-refractivity contribution in [3.63, 3.8) is 0 Å². The number of nitrogens with zero attached hydrogens (tertiary/aromatic N) is 1. The van der Waals surface area contributed by atoms with E-state index in [4.69, 9.17) is 11.6 Å². The van der Waals surface area contributed by atoms with Crippen LogP contribution < -0.4 is 0 Å². The lowest BCUT2D eigenvalue weighted by atomic mass is 9.95. The van der Waals surface area contributed by atoms with Gasteiger partial charge in [-0.2, -0.15) is 0 Å². The Morgan fingerprint density at radius 3 is 2.56 bits per heavy atom. The van der Waals surface area contributed by atoms with Gasteiger partial charge in [-0.05, 0) is 50.6 Å². The van der Waals surface area contributed by atoms with Crippen LogP contribution in [-0.2, 0) is 0 Å². The first kappa shape index (κ1) is 12.1. The predicted molar refractivity (Wildman–Crippen MR) is 73.3 cm³/mol. The van der Waals surface area contributed by atoms with Crippen molar-refractivity contribution in [1.29, 1.82) is 0 Å². The minimum Gasteiger partial charge on any atom is -0.265 e. The Balaban J connectivity index is 2.19. The molecule has 0 aliphatic carbocycles. The van der Waals surface area contributed by atoms with E-state index in [1.165, 1.54) is 11.1 Å². The predicted octanol–water partition coefficient (Wildman–Crippen LogP) is 4.99. The number of hydrogen-bond donors (Lipinski definition) is 0. The first-order valence-corrected chi connectivity index (χ1v) is 7.07. The van der Waals surface area contributed by atoms with Crippen LogP contribution in [0.25, 0.3) is 0 Å². The van der Waals surface area contributed by atoms with Crippen LogP contribution in [-0.4, -0.2) is 4.98 Å². The van der Waals surface area contributed by atoms with Crippen LogP contribution >= 0.6 is 38.9 Å². The van der Waals surface area contributed by atoms with Gasteiger partial charge in [0.15, 0.2) is 0 Å². The van der Waals surface area contributed by atoms with E-state index in [1.54, 1.807) is 23.7 Å². The molecule has 2 unspecified atom stereocenters. The molecule has 2 aromatic heterocycles. The van der Waals surface area contributed by atoms with Crippen molar-refractivity contribution in [2.24, 2.45) is 0 Å². The maximum atomic E-state index is 6.47. The molecule has 0 aliphatic rings. The molecule has 2 heterocycles. The third-order valence-corrected chi connectivity index (χ3v) is 4.73. The highest BCUT2D eigenvalue weighted by molar-refractivity contribution is 9.11. The van der Waals surface area contributed by atoms with Crippen LogP contribution in [0.15, 0.2) is 39.8 Å². The highest BCUT2D eigenvalue weighted by Gasteiger charge is 2.19. The molecule has 0 radical (unpaired) electrons. The molecule has 0 aliphatic heterocycles. The molecule has 84 valence electrons. The van der Waals surface area contributed by atoms with Crippen LogP contribution in [0.1, 0.15) is 29.3 Å². The highest BCUT2D eigenvalue weighted by Crippen LogP contribution is 2.38. The lowest BCUT2D eigenvalue weighted by Crippen LogP contribution is -2.01. The lowest BCUT2D eigenvalue weighted by Gasteiger charge is -2.17. The van der Waals surface area contributed by atoms with E-state index >= 15 is 0 Å². The molecular formula is C12H11BrClNS. The monoisotopic (exact) mass is 315 g/mol. The standard InChI is InChI=1S/C12H11BrClNS/c1-8(9-2-4-15-5-3-9)12(14)10-6-11(13)16-7-10/h2-8,12H,1H3. The van der Waals surface area contributed by atoms with Gasteiger partial charge >= 0.3 is 0 Å². The second-order valence-corrected chi connectivity index (χ2v) is 6.42. The Bertz CT molecular complexity index is 457. The number of pyridine rings is 1. The number of halogens is 2. The summed E-state index contributed by atoms with van der Waals surface area (Å²) in [6.45, 7) is 2.14. The molecular weight excluding hydrogens is 306 g/mol. The van der Waals surface area contributed by atoms with E-state index in [0.29, 0.717) is 0 Å². The van der Waals surface area contributed by atoms with Gasteiger partial charge in [0.25, 0.3) is 0 Å². The van der Waals surface area contributed by atoms with E-state index in [-0.39, 0.29) is 11.3 Å². The smallest absolute Gasteiger partial charge is 0.0701 e. The first-order valence-electron chi connectivity index (χ1n) is 4.96. The van der Waals surface area contributed by atoms with Gasteiger partial charge in [0.05, 0.1) is 9.16 Å². The number of rotatable bonds is 3. The van der Waals surface area contributed by atoms with Crippen molar-refractivity contribution in [3.05, 3.63) is 50.9 Å². The van der Waals surface area contributed by atoms with Crippen LogP contribution in [0.5, 0.6) is 0 Å². The van der Waals surface area contributed by atoms with E-state index < -0.39 is 0 Å². The van der Waals surface area contributed by atoms with E-state index in [1.807, 2.05) is 12.1 Å². The number of aromatic nitrogens is 1. The third kappa shape index (κ3) is 2.65. The normalized spacial score (nSPS) is 14.7. The second-order valence-electron chi connectivity index (χ2n) is 3.66. The largest absolute Gasteiger partial charge is 0.265 e. The fourth-order valence-electron chi connectivity index (χ4n) is 1.59. The Hall–Kier alpha value is -0.380. The summed E-state index contributed by atoms with van der Waals surface area (Å²) in [5.74, 6) is 0.283. The molecule has 0 saturated heterocycles. The quantitative estimate of drug-likeness (QED) is 0.727. The minimum atomic E-state index is 0.00458. The van der Waals surface area contributed by atoms with Crippen molar-refractivity contribution in [1.82, 2.24) is 4.98 Å². The van der Waals surface area contributed by atoms with Crippen LogP contribution in [0.3, 0.4) is 0 Å². The summed E-state index contributed by atoms with van der Waals surface area (Å²) in [5.41, 5.74) is 2.39. The maximum absolute atomic E-state index is 6.47. The molecule has 0 saturated carbocycles. The van der Waals surface area contributed by atoms with Gasteiger partial charge in [-0.25, -0.2) is 0 Å². The number of thiophene rings is 1. The van der Waals surface area contributed by atoms with E-state index in [9.17, 15) is 0 Å². The van der Waals surface area contributed by atoms with Crippen LogP contribution in [0.2, 0.25) is 0 Å². The van der Waals surface area contributed by atoms with Crippen molar-refractivity contribution in [2.75, 3.05) is 0 Å². The fraction of sp³-hybridized carbons (Fsp3) is 0.250. The van der Waals surface area contributed by atoms with E-state index in [0.717, 1.165) is 3.79 Å². The summed E-state index contributed by atoms with van der Waals surface area (Å²) in [7, 11) is 0. The summed E-state index contributed by atoms with van der Waals surface area (Å²) in [5, 5.41) is 2.10. The van der Waals surface area contributed by atoms with Gasteiger partial charge in [-0.3, -0.25) is 4.98 Å². The molecule has 0 aromatic carbocycles. The molecule has 16 heavy (non-hydrogen) atoms. The second kappa shape index (κ2) is 5.30. The summed E-state index contributed by atoms with van der Waals surface area (Å²) in [6.07, 6.45) is 3.61. The zero-order valence-electron chi connectivity index (χ0n) is 8.73. The van der Waals surface area contributed by atoms with Gasteiger partial charge < -0.3 is 0 Å². The lowest BCUT2D eigenvalue weighted by molar-refractivity contribution is 0.732. The van der Waals surface area contributed by atoms with Gasteiger partial charge in [0.2, 0.25) is 0 Å². The molecule has 1 nitrogen and oxygen atoms in total. The highest BCUT2D eigenvalue weighted by atomic mass is 79.9. The number of hydrogen-bond acceptors (Lipinski definition) is 2. The molecule has 4 heteroatoms. The molecule has 0 fully saturated rings. The van der Waals surface area contributed by atoms with Crippen molar-refractivity contribution in [3.8, 4) is 0 Å². The van der Waals surface area contributed by atoms with E-state index in [2.05, 4.69) is 39.3 Å². The minimum absolute atomic E-state index is 0.00458.